The summed E-state index contributed by atoms with van der Waals surface area (Å²) in [7, 11) is 0. The van der Waals surface area contributed by atoms with Gasteiger partial charge in [0, 0.05) is 0 Å². The van der Waals surface area contributed by atoms with Crippen molar-refractivity contribution in [1.29, 1.82) is 0 Å². The SMILES string of the molecule is C=C(C)CC(NCC)c1occc1C. The van der Waals surface area contributed by atoms with E-state index in [2.05, 4.69) is 25.7 Å². The van der Waals surface area contributed by atoms with Crippen molar-refractivity contribution in [2.24, 2.45) is 0 Å². The molecule has 0 saturated carbocycles. The lowest BCUT2D eigenvalue weighted by atomic mass is 10.0. The van der Waals surface area contributed by atoms with Crippen LogP contribution in [0.15, 0.2) is 28.9 Å². The van der Waals surface area contributed by atoms with Gasteiger partial charge in [-0.3, -0.25) is 0 Å². The molecule has 0 spiro atoms. The number of aryl methyl sites for hydroxylation is 1. The van der Waals surface area contributed by atoms with Crippen LogP contribution in [-0.2, 0) is 0 Å². The van der Waals surface area contributed by atoms with Crippen molar-refractivity contribution in [3.05, 3.63) is 35.8 Å². The van der Waals surface area contributed by atoms with Gasteiger partial charge in [0.2, 0.25) is 0 Å². The highest BCUT2D eigenvalue weighted by atomic mass is 16.3. The Bertz CT molecular complexity index is 301. The summed E-state index contributed by atoms with van der Waals surface area (Å²) in [5.74, 6) is 1.04. The molecule has 1 unspecified atom stereocenters. The Kier molecular flexibility index (Phi) is 3.96. The monoisotopic (exact) mass is 193 g/mol. The van der Waals surface area contributed by atoms with Gasteiger partial charge in [-0.1, -0.05) is 12.5 Å². The maximum Gasteiger partial charge on any atom is 0.123 e. The molecule has 2 nitrogen and oxygen atoms in total. The van der Waals surface area contributed by atoms with Gasteiger partial charge in [-0.2, -0.15) is 0 Å². The van der Waals surface area contributed by atoms with E-state index in [1.165, 1.54) is 11.1 Å². The van der Waals surface area contributed by atoms with E-state index < -0.39 is 0 Å². The summed E-state index contributed by atoms with van der Waals surface area (Å²) in [6, 6.07) is 2.27. The van der Waals surface area contributed by atoms with Crippen LogP contribution in [0.5, 0.6) is 0 Å². The van der Waals surface area contributed by atoms with Crippen LogP contribution < -0.4 is 5.32 Å². The Labute approximate surface area is 86.0 Å². The lowest BCUT2D eigenvalue weighted by molar-refractivity contribution is 0.413. The first-order valence-corrected chi connectivity index (χ1v) is 5.07. The van der Waals surface area contributed by atoms with Gasteiger partial charge in [-0.25, -0.2) is 0 Å². The van der Waals surface area contributed by atoms with Crippen LogP contribution >= 0.6 is 0 Å². The third-order valence-corrected chi connectivity index (χ3v) is 2.22. The molecule has 1 heterocycles. The molecular weight excluding hydrogens is 174 g/mol. The van der Waals surface area contributed by atoms with Crippen molar-refractivity contribution in [3.8, 4) is 0 Å². The van der Waals surface area contributed by atoms with E-state index in [1.54, 1.807) is 6.26 Å². The van der Waals surface area contributed by atoms with Crippen LogP contribution in [0, 0.1) is 6.92 Å². The fourth-order valence-corrected chi connectivity index (χ4v) is 1.59. The van der Waals surface area contributed by atoms with Crippen LogP contribution in [0.25, 0.3) is 0 Å². The zero-order valence-corrected chi connectivity index (χ0v) is 9.26. The molecule has 2 heteroatoms. The van der Waals surface area contributed by atoms with Crippen LogP contribution in [0.3, 0.4) is 0 Å². The highest BCUT2D eigenvalue weighted by Gasteiger charge is 2.15. The minimum atomic E-state index is 0.271. The predicted octanol–water partition coefficient (Wildman–Crippen LogP) is 3.20. The Morgan fingerprint density at radius 2 is 2.36 bits per heavy atom. The molecule has 78 valence electrons. The van der Waals surface area contributed by atoms with Gasteiger partial charge in [0.25, 0.3) is 0 Å². The van der Waals surface area contributed by atoms with Crippen LogP contribution in [0.4, 0.5) is 0 Å². The van der Waals surface area contributed by atoms with Gasteiger partial charge >= 0.3 is 0 Å². The molecule has 0 saturated heterocycles. The van der Waals surface area contributed by atoms with Crippen LogP contribution in [0.2, 0.25) is 0 Å². The summed E-state index contributed by atoms with van der Waals surface area (Å²) in [5, 5.41) is 3.40. The Hall–Kier alpha value is -1.02. The number of hydrogen-bond acceptors (Lipinski definition) is 2. The van der Waals surface area contributed by atoms with Crippen molar-refractivity contribution >= 4 is 0 Å². The van der Waals surface area contributed by atoms with Crippen molar-refractivity contribution in [2.75, 3.05) is 6.54 Å². The van der Waals surface area contributed by atoms with E-state index in [0.29, 0.717) is 0 Å². The molecule has 0 aliphatic carbocycles. The molecule has 1 atom stereocenters. The lowest BCUT2D eigenvalue weighted by Crippen LogP contribution is -2.21. The number of hydrogen-bond donors (Lipinski definition) is 1. The number of rotatable bonds is 5. The summed E-state index contributed by atoms with van der Waals surface area (Å²) < 4.78 is 5.48. The average Bonchev–Trinajstić information content (AvgIpc) is 2.50. The third-order valence-electron chi connectivity index (χ3n) is 2.22. The zero-order chi connectivity index (χ0) is 10.6. The average molecular weight is 193 g/mol. The molecule has 0 bridgehead atoms. The molecule has 14 heavy (non-hydrogen) atoms. The number of nitrogens with one attached hydrogen (secondary N) is 1. The smallest absolute Gasteiger partial charge is 0.123 e. The molecule has 0 fully saturated rings. The summed E-state index contributed by atoms with van der Waals surface area (Å²) >= 11 is 0. The summed E-state index contributed by atoms with van der Waals surface area (Å²) in [6.45, 7) is 11.1. The Balaban J connectivity index is 2.77. The maximum atomic E-state index is 5.48. The maximum absolute atomic E-state index is 5.48. The Morgan fingerprint density at radius 1 is 1.64 bits per heavy atom. The zero-order valence-electron chi connectivity index (χ0n) is 9.26. The van der Waals surface area contributed by atoms with Crippen LogP contribution in [0.1, 0.15) is 37.6 Å². The predicted molar refractivity (Wildman–Crippen MR) is 59.3 cm³/mol. The highest BCUT2D eigenvalue weighted by Crippen LogP contribution is 2.23. The summed E-state index contributed by atoms with van der Waals surface area (Å²) in [4.78, 5) is 0. The second-order valence-corrected chi connectivity index (χ2v) is 3.74. The molecule has 1 aromatic rings. The largest absolute Gasteiger partial charge is 0.467 e. The van der Waals surface area contributed by atoms with Gasteiger partial charge in [-0.15, -0.1) is 6.58 Å². The van der Waals surface area contributed by atoms with Crippen LogP contribution in [-0.4, -0.2) is 6.54 Å². The minimum Gasteiger partial charge on any atom is -0.467 e. The normalized spacial score (nSPS) is 12.8. The molecular formula is C12H19NO. The second kappa shape index (κ2) is 5.01. The second-order valence-electron chi connectivity index (χ2n) is 3.74. The minimum absolute atomic E-state index is 0.271. The molecule has 0 radical (unpaired) electrons. The van der Waals surface area contributed by atoms with Crippen molar-refractivity contribution < 1.29 is 4.42 Å². The molecule has 0 aliphatic heterocycles. The van der Waals surface area contributed by atoms with Crippen molar-refractivity contribution in [1.82, 2.24) is 5.32 Å². The van der Waals surface area contributed by atoms with E-state index >= 15 is 0 Å². The summed E-state index contributed by atoms with van der Waals surface area (Å²) in [6.07, 6.45) is 2.68. The van der Waals surface area contributed by atoms with E-state index in [4.69, 9.17) is 4.42 Å². The fourth-order valence-electron chi connectivity index (χ4n) is 1.59. The Morgan fingerprint density at radius 3 is 2.79 bits per heavy atom. The standard InChI is InChI=1S/C12H19NO/c1-5-13-11(8-9(2)3)12-10(4)6-7-14-12/h6-7,11,13H,2,5,8H2,1,3-4H3. The third kappa shape index (κ3) is 2.74. The van der Waals surface area contributed by atoms with Crippen molar-refractivity contribution in [2.45, 2.75) is 33.2 Å². The molecule has 1 aromatic heterocycles. The molecule has 1 rings (SSSR count). The first kappa shape index (κ1) is 11.1. The fraction of sp³-hybridized carbons (Fsp3) is 0.500. The van der Waals surface area contributed by atoms with E-state index in [9.17, 15) is 0 Å². The molecule has 0 aromatic carbocycles. The van der Waals surface area contributed by atoms with E-state index in [-0.39, 0.29) is 6.04 Å². The van der Waals surface area contributed by atoms with Gasteiger partial charge < -0.3 is 9.73 Å². The first-order valence-electron chi connectivity index (χ1n) is 5.07. The van der Waals surface area contributed by atoms with Gasteiger partial charge in [-0.05, 0) is 38.4 Å². The van der Waals surface area contributed by atoms with Gasteiger partial charge in [0.05, 0.1) is 12.3 Å². The molecule has 1 N–H and O–H groups in total. The lowest BCUT2D eigenvalue weighted by Gasteiger charge is -2.16. The van der Waals surface area contributed by atoms with Crippen molar-refractivity contribution in [3.63, 3.8) is 0 Å². The quantitative estimate of drug-likeness (QED) is 0.726. The van der Waals surface area contributed by atoms with Gasteiger partial charge in [0.15, 0.2) is 0 Å². The highest BCUT2D eigenvalue weighted by molar-refractivity contribution is 5.19. The van der Waals surface area contributed by atoms with E-state index in [1.807, 2.05) is 13.0 Å². The van der Waals surface area contributed by atoms with E-state index in [0.717, 1.165) is 18.7 Å². The number of furan rings is 1. The molecule has 0 aliphatic rings. The first-order chi connectivity index (χ1) is 6.65. The summed E-state index contributed by atoms with van der Waals surface area (Å²) in [5.41, 5.74) is 2.38. The molecule has 0 amide bonds. The topological polar surface area (TPSA) is 25.2 Å². The van der Waals surface area contributed by atoms with Gasteiger partial charge in [0.1, 0.15) is 5.76 Å².